The molecule has 2 rings (SSSR count). The number of hydrogen-bond donors (Lipinski definition) is 2. The molecule has 1 saturated heterocycles. The molecule has 1 aliphatic heterocycles. The van der Waals surface area contributed by atoms with E-state index in [9.17, 15) is 4.79 Å². The molecule has 1 aromatic rings. The normalized spacial score (nSPS) is 18.1. The van der Waals surface area contributed by atoms with E-state index < -0.39 is 5.97 Å². The lowest BCUT2D eigenvalue weighted by molar-refractivity contribution is 0.0695. The lowest BCUT2D eigenvalue weighted by Gasteiger charge is -2.29. The topological polar surface area (TPSA) is 65.7 Å². The molecule has 1 aromatic heterocycles. The van der Waals surface area contributed by atoms with Crippen molar-refractivity contribution in [2.45, 2.75) is 32.4 Å². The van der Waals surface area contributed by atoms with E-state index >= 15 is 0 Å². The highest BCUT2D eigenvalue weighted by Crippen LogP contribution is 2.15. The molecule has 0 aromatic carbocycles. The summed E-state index contributed by atoms with van der Waals surface area (Å²) in [7, 11) is 2.13. The number of carbonyl (C=O) groups is 1. The van der Waals surface area contributed by atoms with E-state index in [1.165, 1.54) is 0 Å². The van der Waals surface area contributed by atoms with Crippen LogP contribution in [0.5, 0.6) is 0 Å². The summed E-state index contributed by atoms with van der Waals surface area (Å²) in [5, 5.41) is 12.4. The molecule has 2 N–H and O–H groups in total. The summed E-state index contributed by atoms with van der Waals surface area (Å²) in [5.74, 6) is 0.244. The molecule has 18 heavy (non-hydrogen) atoms. The summed E-state index contributed by atoms with van der Waals surface area (Å²) in [6, 6.07) is 2.11. The van der Waals surface area contributed by atoms with Gasteiger partial charge in [0.05, 0.1) is 6.54 Å². The molecule has 0 spiro atoms. The van der Waals surface area contributed by atoms with Gasteiger partial charge < -0.3 is 19.7 Å². The van der Waals surface area contributed by atoms with Gasteiger partial charge in [-0.25, -0.2) is 4.79 Å². The Morgan fingerprint density at radius 3 is 2.78 bits per heavy atom. The van der Waals surface area contributed by atoms with Crippen molar-refractivity contribution in [1.29, 1.82) is 0 Å². The zero-order valence-corrected chi connectivity index (χ0v) is 10.9. The number of hydrogen-bond acceptors (Lipinski definition) is 4. The Kier molecular flexibility index (Phi) is 4.04. The lowest BCUT2D eigenvalue weighted by Crippen LogP contribution is -2.40. The molecule has 0 amide bonds. The highest BCUT2D eigenvalue weighted by atomic mass is 16.4. The maximum Gasteiger partial charge on any atom is 0.339 e. The molecule has 0 unspecified atom stereocenters. The number of nitrogens with zero attached hydrogens (tertiary/aromatic N) is 1. The van der Waals surface area contributed by atoms with Crippen molar-refractivity contribution in [3.05, 3.63) is 23.2 Å². The van der Waals surface area contributed by atoms with Gasteiger partial charge in [-0.1, -0.05) is 0 Å². The van der Waals surface area contributed by atoms with Gasteiger partial charge in [0.2, 0.25) is 0 Å². The Balaban J connectivity index is 1.86. The SMILES string of the molecule is Cc1oc(CNC2CCN(C)CC2)cc1C(=O)O. The fourth-order valence-corrected chi connectivity index (χ4v) is 2.30. The van der Waals surface area contributed by atoms with Crippen LogP contribution >= 0.6 is 0 Å². The van der Waals surface area contributed by atoms with Crippen LogP contribution in [0.3, 0.4) is 0 Å². The minimum absolute atomic E-state index is 0.259. The molecule has 5 nitrogen and oxygen atoms in total. The summed E-state index contributed by atoms with van der Waals surface area (Å²) in [5.41, 5.74) is 0.259. The number of aromatic carboxylic acids is 1. The zero-order valence-electron chi connectivity index (χ0n) is 10.9. The Bertz CT molecular complexity index is 420. The standard InChI is InChI=1S/C13H20N2O3/c1-9-12(13(16)17)7-11(18-9)8-14-10-3-5-15(2)6-4-10/h7,10,14H,3-6,8H2,1-2H3,(H,16,17). The highest BCUT2D eigenvalue weighted by molar-refractivity contribution is 5.88. The maximum absolute atomic E-state index is 10.9. The fourth-order valence-electron chi connectivity index (χ4n) is 2.30. The van der Waals surface area contributed by atoms with E-state index in [1.54, 1.807) is 13.0 Å². The first kappa shape index (κ1) is 13.1. The quantitative estimate of drug-likeness (QED) is 0.849. The third kappa shape index (κ3) is 3.11. The Hall–Kier alpha value is -1.33. The van der Waals surface area contributed by atoms with Gasteiger partial charge in [0.1, 0.15) is 17.1 Å². The van der Waals surface area contributed by atoms with E-state index in [2.05, 4.69) is 17.3 Å². The predicted molar refractivity (Wildman–Crippen MR) is 67.8 cm³/mol. The summed E-state index contributed by atoms with van der Waals surface area (Å²) >= 11 is 0. The average Bonchev–Trinajstić information content (AvgIpc) is 2.70. The van der Waals surface area contributed by atoms with Crippen LogP contribution in [-0.4, -0.2) is 42.2 Å². The van der Waals surface area contributed by atoms with Crippen LogP contribution in [0.25, 0.3) is 0 Å². The number of aryl methyl sites for hydroxylation is 1. The van der Waals surface area contributed by atoms with Crippen LogP contribution < -0.4 is 5.32 Å². The van der Waals surface area contributed by atoms with Gasteiger partial charge >= 0.3 is 5.97 Å². The Morgan fingerprint density at radius 1 is 1.56 bits per heavy atom. The first-order valence-corrected chi connectivity index (χ1v) is 6.31. The third-order valence-corrected chi connectivity index (χ3v) is 3.48. The first-order valence-electron chi connectivity index (χ1n) is 6.31. The number of furan rings is 1. The van der Waals surface area contributed by atoms with Crippen LogP contribution in [0.4, 0.5) is 0 Å². The van der Waals surface area contributed by atoms with Crippen LogP contribution in [0, 0.1) is 6.92 Å². The van der Waals surface area contributed by atoms with Gasteiger partial charge in [-0.15, -0.1) is 0 Å². The summed E-state index contributed by atoms with van der Waals surface area (Å²) < 4.78 is 5.43. The lowest BCUT2D eigenvalue weighted by atomic mass is 10.1. The van der Waals surface area contributed by atoms with Gasteiger partial charge in [0.15, 0.2) is 0 Å². The van der Waals surface area contributed by atoms with Gasteiger partial charge in [-0.2, -0.15) is 0 Å². The summed E-state index contributed by atoms with van der Waals surface area (Å²) in [6.07, 6.45) is 2.25. The van der Waals surface area contributed by atoms with Crippen LogP contribution in [0.15, 0.2) is 10.5 Å². The number of carboxylic acids is 1. The minimum atomic E-state index is -0.929. The second-order valence-corrected chi connectivity index (χ2v) is 4.95. The van der Waals surface area contributed by atoms with Crippen molar-refractivity contribution in [2.75, 3.05) is 20.1 Å². The fraction of sp³-hybridized carbons (Fsp3) is 0.615. The summed E-state index contributed by atoms with van der Waals surface area (Å²) in [4.78, 5) is 13.2. The maximum atomic E-state index is 10.9. The molecule has 1 aliphatic rings. The van der Waals surface area contributed by atoms with Gasteiger partial charge in [-0.3, -0.25) is 0 Å². The molecular formula is C13H20N2O3. The highest BCUT2D eigenvalue weighted by Gasteiger charge is 2.18. The molecule has 0 atom stereocenters. The molecule has 100 valence electrons. The van der Waals surface area contributed by atoms with E-state index in [1.807, 2.05) is 0 Å². The number of likely N-dealkylation sites (tertiary alicyclic amines) is 1. The minimum Gasteiger partial charge on any atom is -0.478 e. The van der Waals surface area contributed by atoms with E-state index in [0.29, 0.717) is 24.1 Å². The van der Waals surface area contributed by atoms with Gasteiger partial charge in [-0.05, 0) is 46.0 Å². The van der Waals surface area contributed by atoms with Crippen LogP contribution in [-0.2, 0) is 6.54 Å². The Morgan fingerprint density at radius 2 is 2.22 bits per heavy atom. The third-order valence-electron chi connectivity index (χ3n) is 3.48. The van der Waals surface area contributed by atoms with Crippen molar-refractivity contribution < 1.29 is 14.3 Å². The van der Waals surface area contributed by atoms with Crippen molar-refractivity contribution in [3.63, 3.8) is 0 Å². The van der Waals surface area contributed by atoms with Crippen molar-refractivity contribution in [1.82, 2.24) is 10.2 Å². The van der Waals surface area contributed by atoms with Crippen molar-refractivity contribution in [2.24, 2.45) is 0 Å². The van der Waals surface area contributed by atoms with Crippen LogP contribution in [0.1, 0.15) is 34.7 Å². The largest absolute Gasteiger partial charge is 0.478 e. The monoisotopic (exact) mass is 252 g/mol. The first-order chi connectivity index (χ1) is 8.56. The van der Waals surface area contributed by atoms with Crippen molar-refractivity contribution >= 4 is 5.97 Å². The second-order valence-electron chi connectivity index (χ2n) is 4.95. The predicted octanol–water partition coefficient (Wildman–Crippen LogP) is 1.47. The van der Waals surface area contributed by atoms with E-state index in [4.69, 9.17) is 9.52 Å². The molecule has 0 saturated carbocycles. The molecule has 2 heterocycles. The molecule has 0 aliphatic carbocycles. The van der Waals surface area contributed by atoms with E-state index in [-0.39, 0.29) is 5.56 Å². The van der Waals surface area contributed by atoms with Gasteiger partial charge in [0, 0.05) is 6.04 Å². The van der Waals surface area contributed by atoms with Crippen LogP contribution in [0.2, 0.25) is 0 Å². The van der Waals surface area contributed by atoms with Crippen molar-refractivity contribution in [3.8, 4) is 0 Å². The Labute approximate surface area is 107 Å². The average molecular weight is 252 g/mol. The molecule has 5 heteroatoms. The summed E-state index contributed by atoms with van der Waals surface area (Å²) in [6.45, 7) is 4.50. The molecule has 0 bridgehead atoms. The molecular weight excluding hydrogens is 232 g/mol. The second kappa shape index (κ2) is 5.54. The molecule has 0 radical (unpaired) electrons. The smallest absolute Gasteiger partial charge is 0.339 e. The molecule has 1 fully saturated rings. The number of rotatable bonds is 4. The van der Waals surface area contributed by atoms with Gasteiger partial charge in [0.25, 0.3) is 0 Å². The number of carboxylic acid groups (broad SMARTS) is 1. The number of piperidine rings is 1. The zero-order chi connectivity index (χ0) is 13.1. The van der Waals surface area contributed by atoms with E-state index in [0.717, 1.165) is 25.9 Å². The number of nitrogens with one attached hydrogen (secondary N) is 1.